The number of tetrazole rings is 1. The summed E-state index contributed by atoms with van der Waals surface area (Å²) in [6.45, 7) is 5.54. The van der Waals surface area contributed by atoms with Gasteiger partial charge >= 0.3 is 0 Å². The lowest BCUT2D eigenvalue weighted by Crippen LogP contribution is -2.23. The van der Waals surface area contributed by atoms with Crippen molar-refractivity contribution in [3.8, 4) is 22.5 Å². The van der Waals surface area contributed by atoms with Crippen LogP contribution < -0.4 is 4.90 Å². The van der Waals surface area contributed by atoms with Gasteiger partial charge in [-0.1, -0.05) is 73.7 Å². The number of rotatable bonds is 7. The average molecular weight is 540 g/mol. The summed E-state index contributed by atoms with van der Waals surface area (Å²) in [5, 5.41) is 14.5. The van der Waals surface area contributed by atoms with Crippen molar-refractivity contribution >= 4 is 22.6 Å². The first-order valence-electron chi connectivity index (χ1n) is 13.9. The lowest BCUT2D eigenvalue weighted by atomic mass is 9.98. The van der Waals surface area contributed by atoms with Gasteiger partial charge in [0.1, 0.15) is 5.82 Å². The van der Waals surface area contributed by atoms with E-state index in [4.69, 9.17) is 4.98 Å². The molecule has 1 N–H and O–H groups in total. The number of H-pyrrole nitrogens is 1. The molecule has 8 heteroatoms. The topological polar surface area (TPSA) is 92.6 Å². The summed E-state index contributed by atoms with van der Waals surface area (Å²) in [7, 11) is 0. The summed E-state index contributed by atoms with van der Waals surface area (Å²) in [5.41, 5.74) is 10.2. The van der Waals surface area contributed by atoms with Crippen LogP contribution >= 0.6 is 0 Å². The van der Waals surface area contributed by atoms with E-state index < -0.39 is 0 Å². The Morgan fingerprint density at radius 1 is 0.902 bits per heavy atom. The van der Waals surface area contributed by atoms with Gasteiger partial charge in [0.2, 0.25) is 0 Å². The number of nitrogens with zero attached hydrogens (tertiary/aromatic N) is 6. The fourth-order valence-corrected chi connectivity index (χ4v) is 5.82. The molecule has 1 amide bonds. The molecule has 1 aliphatic heterocycles. The highest BCUT2D eigenvalue weighted by atomic mass is 16.2. The van der Waals surface area contributed by atoms with E-state index in [1.807, 2.05) is 47.4 Å². The molecule has 7 rings (SSSR count). The normalized spacial score (nSPS) is 12.8. The highest BCUT2D eigenvalue weighted by Gasteiger charge is 2.29. The second-order valence-corrected chi connectivity index (χ2v) is 10.5. The molecule has 0 radical (unpaired) electrons. The Labute approximate surface area is 237 Å². The number of fused-ring (bicyclic) bond motifs is 2. The van der Waals surface area contributed by atoms with Crippen LogP contribution in [0.25, 0.3) is 33.5 Å². The number of aromatic nitrogens is 6. The zero-order valence-corrected chi connectivity index (χ0v) is 23.0. The molecule has 2 aromatic heterocycles. The van der Waals surface area contributed by atoms with E-state index >= 15 is 0 Å². The number of carbonyl (C=O) groups is 1. The minimum Gasteiger partial charge on any atom is -0.323 e. The van der Waals surface area contributed by atoms with Gasteiger partial charge in [0.05, 0.1) is 17.6 Å². The quantitative estimate of drug-likeness (QED) is 0.255. The molecular weight excluding hydrogens is 510 g/mol. The van der Waals surface area contributed by atoms with E-state index in [-0.39, 0.29) is 5.91 Å². The second kappa shape index (κ2) is 10.1. The van der Waals surface area contributed by atoms with Crippen LogP contribution in [0, 0.1) is 6.92 Å². The summed E-state index contributed by atoms with van der Waals surface area (Å²) >= 11 is 0. The van der Waals surface area contributed by atoms with Crippen molar-refractivity contribution in [1.82, 2.24) is 30.2 Å². The SMILES string of the molecule is CCCc1nc2c(C)cc(N3Cc4ccccc4C3=O)cc2n1Cc1ccc(-c2ccccc2-c2nnn[nH]2)cc1. The molecule has 6 aromatic rings. The number of carbonyl (C=O) groups excluding carboxylic acids is 1. The number of imidazole rings is 1. The smallest absolute Gasteiger partial charge is 0.258 e. The third-order valence-electron chi connectivity index (χ3n) is 7.85. The number of benzene rings is 4. The lowest BCUT2D eigenvalue weighted by molar-refractivity contribution is 0.0996. The van der Waals surface area contributed by atoms with Crippen LogP contribution in [0.15, 0.2) is 84.9 Å². The van der Waals surface area contributed by atoms with Crippen LogP contribution in [-0.2, 0) is 19.5 Å². The summed E-state index contributed by atoms with van der Waals surface area (Å²) in [6.07, 6.45) is 1.88. The van der Waals surface area contributed by atoms with E-state index in [2.05, 4.69) is 81.5 Å². The Morgan fingerprint density at radius 2 is 1.66 bits per heavy atom. The van der Waals surface area contributed by atoms with Gasteiger partial charge in [-0.05, 0) is 69.8 Å². The standard InChI is InChI=1S/C33H29N7O/c1-3-8-30-34-31-21(2)17-25(39-20-24-9-4-5-11-27(24)33(39)41)18-29(31)40(30)19-22-13-15-23(16-14-22)26-10-6-7-12-28(26)32-35-37-38-36-32/h4-7,9-18H,3,8,19-20H2,1-2H3,(H,35,36,37,38). The molecule has 0 fully saturated rings. The predicted molar refractivity (Wildman–Crippen MR) is 160 cm³/mol. The largest absolute Gasteiger partial charge is 0.323 e. The first kappa shape index (κ1) is 24.9. The number of hydrogen-bond donors (Lipinski definition) is 1. The van der Waals surface area contributed by atoms with Crippen molar-refractivity contribution in [2.45, 2.75) is 39.8 Å². The van der Waals surface area contributed by atoms with Crippen molar-refractivity contribution in [2.24, 2.45) is 0 Å². The minimum atomic E-state index is 0.0520. The molecule has 41 heavy (non-hydrogen) atoms. The highest BCUT2D eigenvalue weighted by Crippen LogP contribution is 2.34. The molecular formula is C33H29N7O. The molecule has 1 aliphatic rings. The molecule has 0 saturated heterocycles. The predicted octanol–water partition coefficient (Wildman–Crippen LogP) is 6.35. The van der Waals surface area contributed by atoms with Crippen LogP contribution in [0.5, 0.6) is 0 Å². The van der Waals surface area contributed by atoms with Gasteiger partial charge in [-0.25, -0.2) is 10.1 Å². The van der Waals surface area contributed by atoms with Crippen LogP contribution in [0.1, 0.15) is 46.2 Å². The van der Waals surface area contributed by atoms with Gasteiger partial charge in [-0.15, -0.1) is 5.10 Å². The molecule has 202 valence electrons. The summed E-state index contributed by atoms with van der Waals surface area (Å²) < 4.78 is 2.31. The number of aromatic amines is 1. The summed E-state index contributed by atoms with van der Waals surface area (Å²) in [5.74, 6) is 1.76. The Morgan fingerprint density at radius 3 is 2.39 bits per heavy atom. The Kier molecular flexibility index (Phi) is 6.15. The van der Waals surface area contributed by atoms with E-state index in [1.165, 1.54) is 5.56 Å². The molecule has 0 atom stereocenters. The second-order valence-electron chi connectivity index (χ2n) is 10.5. The van der Waals surface area contributed by atoms with Crippen molar-refractivity contribution in [3.63, 3.8) is 0 Å². The maximum Gasteiger partial charge on any atom is 0.258 e. The minimum absolute atomic E-state index is 0.0520. The Balaban J connectivity index is 1.24. The Hall–Kier alpha value is -5.11. The van der Waals surface area contributed by atoms with Gasteiger partial charge < -0.3 is 9.47 Å². The number of anilines is 1. The van der Waals surface area contributed by atoms with Crippen molar-refractivity contribution in [2.75, 3.05) is 4.90 Å². The zero-order chi connectivity index (χ0) is 27.9. The number of hydrogen-bond acceptors (Lipinski definition) is 5. The molecule has 3 heterocycles. The van der Waals surface area contributed by atoms with E-state index in [0.717, 1.165) is 68.8 Å². The van der Waals surface area contributed by atoms with Crippen LogP contribution in [-0.4, -0.2) is 36.1 Å². The zero-order valence-electron chi connectivity index (χ0n) is 23.0. The molecule has 8 nitrogen and oxygen atoms in total. The maximum absolute atomic E-state index is 13.3. The highest BCUT2D eigenvalue weighted by molar-refractivity contribution is 6.10. The monoisotopic (exact) mass is 539 g/mol. The van der Waals surface area contributed by atoms with Crippen molar-refractivity contribution in [3.05, 3.63) is 113 Å². The fraction of sp³-hybridized carbons (Fsp3) is 0.182. The van der Waals surface area contributed by atoms with E-state index in [9.17, 15) is 4.79 Å². The average Bonchev–Trinajstić information content (AvgIpc) is 3.73. The lowest BCUT2D eigenvalue weighted by Gasteiger charge is -2.18. The third kappa shape index (κ3) is 4.37. The molecule has 0 spiro atoms. The number of aryl methyl sites for hydroxylation is 2. The molecule has 0 saturated carbocycles. The third-order valence-corrected chi connectivity index (χ3v) is 7.85. The fourth-order valence-electron chi connectivity index (χ4n) is 5.82. The van der Waals surface area contributed by atoms with Gasteiger partial charge in [0, 0.05) is 29.8 Å². The number of amides is 1. The van der Waals surface area contributed by atoms with Crippen molar-refractivity contribution < 1.29 is 4.79 Å². The van der Waals surface area contributed by atoms with Crippen LogP contribution in [0.4, 0.5) is 5.69 Å². The molecule has 0 bridgehead atoms. The maximum atomic E-state index is 13.3. The van der Waals surface area contributed by atoms with Gasteiger partial charge in [0.25, 0.3) is 5.91 Å². The van der Waals surface area contributed by atoms with E-state index in [0.29, 0.717) is 18.9 Å². The van der Waals surface area contributed by atoms with Gasteiger partial charge in [-0.3, -0.25) is 4.79 Å². The summed E-state index contributed by atoms with van der Waals surface area (Å²) in [6, 6.07) is 28.8. The number of nitrogens with one attached hydrogen (secondary N) is 1. The van der Waals surface area contributed by atoms with Crippen LogP contribution in [0.2, 0.25) is 0 Å². The first-order chi connectivity index (χ1) is 20.1. The first-order valence-corrected chi connectivity index (χ1v) is 13.9. The Bertz CT molecular complexity index is 1890. The molecule has 0 aliphatic carbocycles. The summed E-state index contributed by atoms with van der Waals surface area (Å²) in [4.78, 5) is 20.2. The van der Waals surface area contributed by atoms with E-state index in [1.54, 1.807) is 0 Å². The van der Waals surface area contributed by atoms with Gasteiger partial charge in [0.15, 0.2) is 5.82 Å². The van der Waals surface area contributed by atoms with Crippen molar-refractivity contribution in [1.29, 1.82) is 0 Å². The molecule has 4 aromatic carbocycles. The van der Waals surface area contributed by atoms with Crippen LogP contribution in [0.3, 0.4) is 0 Å². The van der Waals surface area contributed by atoms with Gasteiger partial charge in [-0.2, -0.15) is 0 Å². The molecule has 0 unspecified atom stereocenters.